The predicted octanol–water partition coefficient (Wildman–Crippen LogP) is 5.07. The van der Waals surface area contributed by atoms with Crippen molar-refractivity contribution in [2.75, 3.05) is 0 Å². The second-order valence-electron chi connectivity index (χ2n) is 3.95. The Hall–Kier alpha value is -1.35. The highest BCUT2D eigenvalue weighted by Gasteiger charge is 2.07. The Morgan fingerprint density at radius 1 is 1.11 bits per heavy atom. The summed E-state index contributed by atoms with van der Waals surface area (Å²) in [6, 6.07) is 12.1. The predicted molar refractivity (Wildman–Crippen MR) is 83.5 cm³/mol. The lowest BCUT2D eigenvalue weighted by molar-refractivity contribution is 0.300. The smallest absolute Gasteiger partial charge is 0.143 e. The Morgan fingerprint density at radius 3 is 2.32 bits per heavy atom. The number of ether oxygens (including phenoxy) is 1. The van der Waals surface area contributed by atoms with E-state index in [1.54, 1.807) is 0 Å². The van der Waals surface area contributed by atoms with Gasteiger partial charge >= 0.3 is 0 Å². The van der Waals surface area contributed by atoms with Crippen molar-refractivity contribution in [3.8, 4) is 5.75 Å². The summed E-state index contributed by atoms with van der Waals surface area (Å²) in [6.45, 7) is 8.56. The second kappa shape index (κ2) is 7.95. The van der Waals surface area contributed by atoms with Gasteiger partial charge in [0.25, 0.3) is 0 Å². The van der Waals surface area contributed by atoms with Gasteiger partial charge in [-0.2, -0.15) is 0 Å². The fourth-order valence-electron chi connectivity index (χ4n) is 1.72. The molecule has 0 aliphatic rings. The van der Waals surface area contributed by atoms with E-state index < -0.39 is 0 Å². The molecule has 102 valence electrons. The minimum Gasteiger partial charge on any atom is -0.487 e. The molecule has 1 aromatic carbocycles. The summed E-state index contributed by atoms with van der Waals surface area (Å²) in [7, 11) is 0. The lowest BCUT2D eigenvalue weighted by Gasteiger charge is -2.11. The van der Waals surface area contributed by atoms with Crippen LogP contribution in [0, 0.1) is 13.8 Å². The number of benzene rings is 1. The molecular formula is C16H20BrNO. The highest BCUT2D eigenvalue weighted by atomic mass is 79.9. The molecular weight excluding hydrogens is 302 g/mol. The van der Waals surface area contributed by atoms with Gasteiger partial charge in [0.1, 0.15) is 17.0 Å². The van der Waals surface area contributed by atoms with E-state index in [0.717, 1.165) is 27.2 Å². The molecule has 0 amide bonds. The minimum atomic E-state index is 0.575. The van der Waals surface area contributed by atoms with Crippen LogP contribution < -0.4 is 4.74 Å². The molecule has 1 aromatic heterocycles. The molecule has 19 heavy (non-hydrogen) atoms. The van der Waals surface area contributed by atoms with Crippen molar-refractivity contribution in [2.45, 2.75) is 34.3 Å². The maximum absolute atomic E-state index is 5.83. The van der Waals surface area contributed by atoms with E-state index in [9.17, 15) is 0 Å². The largest absolute Gasteiger partial charge is 0.487 e. The molecule has 0 atom stereocenters. The van der Waals surface area contributed by atoms with Gasteiger partial charge in [0.05, 0.1) is 5.69 Å². The summed E-state index contributed by atoms with van der Waals surface area (Å²) >= 11 is 3.38. The number of hydrogen-bond acceptors (Lipinski definition) is 2. The lowest BCUT2D eigenvalue weighted by atomic mass is 10.2. The number of aromatic nitrogens is 1. The van der Waals surface area contributed by atoms with Gasteiger partial charge in [-0.3, -0.25) is 0 Å². The van der Waals surface area contributed by atoms with E-state index in [-0.39, 0.29) is 0 Å². The van der Waals surface area contributed by atoms with Crippen LogP contribution in [0.3, 0.4) is 0 Å². The normalized spacial score (nSPS) is 9.53. The Bertz CT molecular complexity index is 488. The zero-order valence-corrected chi connectivity index (χ0v) is 13.5. The molecule has 2 aromatic rings. The molecule has 0 aliphatic carbocycles. The topological polar surface area (TPSA) is 22.1 Å². The molecule has 3 heteroatoms. The number of aryl methyl sites for hydroxylation is 2. The van der Waals surface area contributed by atoms with E-state index in [0.29, 0.717) is 6.61 Å². The summed E-state index contributed by atoms with van der Waals surface area (Å²) in [5, 5.41) is 0. The van der Waals surface area contributed by atoms with Gasteiger partial charge in [0, 0.05) is 0 Å². The van der Waals surface area contributed by atoms with Crippen LogP contribution in [-0.4, -0.2) is 4.98 Å². The Labute approximate surface area is 124 Å². The van der Waals surface area contributed by atoms with Crippen molar-refractivity contribution in [3.05, 3.63) is 57.8 Å². The van der Waals surface area contributed by atoms with Crippen LogP contribution in [-0.2, 0) is 6.61 Å². The van der Waals surface area contributed by atoms with E-state index in [4.69, 9.17) is 4.74 Å². The Balaban J connectivity index is 0.000000861. The van der Waals surface area contributed by atoms with Crippen LogP contribution in [0.4, 0.5) is 0 Å². The van der Waals surface area contributed by atoms with Crippen LogP contribution in [0.2, 0.25) is 0 Å². The van der Waals surface area contributed by atoms with E-state index >= 15 is 0 Å². The SMILES string of the molecule is CC.Cc1cc(Br)nc(C)c1OCc1ccccc1. The molecule has 0 unspecified atom stereocenters. The molecule has 0 saturated heterocycles. The lowest BCUT2D eigenvalue weighted by Crippen LogP contribution is -2.00. The highest BCUT2D eigenvalue weighted by molar-refractivity contribution is 9.10. The third kappa shape index (κ3) is 4.67. The number of pyridine rings is 1. The molecule has 0 N–H and O–H groups in total. The van der Waals surface area contributed by atoms with Crippen LogP contribution in [0.5, 0.6) is 5.75 Å². The number of halogens is 1. The zero-order valence-electron chi connectivity index (χ0n) is 11.9. The summed E-state index contributed by atoms with van der Waals surface area (Å²) in [6.07, 6.45) is 0. The third-order valence-corrected chi connectivity index (χ3v) is 2.93. The number of hydrogen-bond donors (Lipinski definition) is 0. The first-order chi connectivity index (χ1) is 9.16. The standard InChI is InChI=1S/C14H14BrNO.C2H6/c1-10-8-13(15)16-11(2)14(10)17-9-12-6-4-3-5-7-12;1-2/h3-8H,9H2,1-2H3;1-2H3. The van der Waals surface area contributed by atoms with Crippen molar-refractivity contribution < 1.29 is 4.74 Å². The van der Waals surface area contributed by atoms with Crippen molar-refractivity contribution in [1.82, 2.24) is 4.98 Å². The molecule has 0 spiro atoms. The van der Waals surface area contributed by atoms with Crippen LogP contribution in [0.15, 0.2) is 41.0 Å². The molecule has 2 nitrogen and oxygen atoms in total. The first kappa shape index (κ1) is 15.7. The van der Waals surface area contributed by atoms with E-state index in [1.807, 2.05) is 52.0 Å². The maximum atomic E-state index is 5.83. The summed E-state index contributed by atoms with van der Waals surface area (Å²) in [4.78, 5) is 4.34. The van der Waals surface area contributed by atoms with Gasteiger partial charge in [-0.05, 0) is 47.0 Å². The van der Waals surface area contributed by atoms with Crippen LogP contribution >= 0.6 is 15.9 Å². The fraction of sp³-hybridized carbons (Fsp3) is 0.312. The van der Waals surface area contributed by atoms with Crippen LogP contribution in [0.1, 0.15) is 30.7 Å². The molecule has 1 heterocycles. The summed E-state index contributed by atoms with van der Waals surface area (Å²) < 4.78 is 6.67. The maximum Gasteiger partial charge on any atom is 0.143 e. The van der Waals surface area contributed by atoms with Crippen molar-refractivity contribution in [2.24, 2.45) is 0 Å². The van der Waals surface area contributed by atoms with Crippen molar-refractivity contribution >= 4 is 15.9 Å². The first-order valence-electron chi connectivity index (χ1n) is 6.47. The molecule has 2 rings (SSSR count). The Morgan fingerprint density at radius 2 is 1.74 bits per heavy atom. The Kier molecular flexibility index (Phi) is 6.57. The van der Waals surface area contributed by atoms with E-state index in [1.165, 1.54) is 0 Å². The quantitative estimate of drug-likeness (QED) is 0.736. The minimum absolute atomic E-state index is 0.575. The van der Waals surface area contributed by atoms with Gasteiger partial charge in [-0.15, -0.1) is 0 Å². The second-order valence-corrected chi connectivity index (χ2v) is 4.76. The van der Waals surface area contributed by atoms with Crippen molar-refractivity contribution in [3.63, 3.8) is 0 Å². The molecule has 0 fully saturated rings. The average molecular weight is 322 g/mol. The fourth-order valence-corrected chi connectivity index (χ4v) is 2.33. The molecule has 0 aliphatic heterocycles. The van der Waals surface area contributed by atoms with Gasteiger partial charge in [0.2, 0.25) is 0 Å². The van der Waals surface area contributed by atoms with Crippen LogP contribution in [0.25, 0.3) is 0 Å². The summed E-state index contributed by atoms with van der Waals surface area (Å²) in [5.41, 5.74) is 3.17. The van der Waals surface area contributed by atoms with Gasteiger partial charge in [0.15, 0.2) is 0 Å². The molecule has 0 radical (unpaired) electrons. The average Bonchev–Trinajstić information content (AvgIpc) is 2.41. The van der Waals surface area contributed by atoms with Gasteiger partial charge < -0.3 is 4.74 Å². The number of nitrogens with zero attached hydrogens (tertiary/aromatic N) is 1. The highest BCUT2D eigenvalue weighted by Crippen LogP contribution is 2.25. The first-order valence-corrected chi connectivity index (χ1v) is 7.26. The molecule has 0 saturated carbocycles. The van der Waals surface area contributed by atoms with Gasteiger partial charge in [-0.1, -0.05) is 44.2 Å². The number of rotatable bonds is 3. The van der Waals surface area contributed by atoms with Crippen molar-refractivity contribution in [1.29, 1.82) is 0 Å². The van der Waals surface area contributed by atoms with E-state index in [2.05, 4.69) is 33.0 Å². The third-order valence-electron chi connectivity index (χ3n) is 2.52. The summed E-state index contributed by atoms with van der Waals surface area (Å²) in [5.74, 6) is 0.872. The monoisotopic (exact) mass is 321 g/mol. The van der Waals surface area contributed by atoms with Gasteiger partial charge in [-0.25, -0.2) is 4.98 Å². The zero-order chi connectivity index (χ0) is 14.3. The molecule has 0 bridgehead atoms.